The summed E-state index contributed by atoms with van der Waals surface area (Å²) in [5.74, 6) is 0.576. The summed E-state index contributed by atoms with van der Waals surface area (Å²) < 4.78 is 12.8. The molecule has 2 aromatic heterocycles. The van der Waals surface area contributed by atoms with E-state index in [1.807, 2.05) is 0 Å². The first-order valence-electron chi connectivity index (χ1n) is 5.39. The van der Waals surface area contributed by atoms with E-state index in [0.717, 1.165) is 24.7 Å². The monoisotopic (exact) mass is 249 g/mol. The molecule has 5 heteroatoms. The van der Waals surface area contributed by atoms with E-state index in [-0.39, 0.29) is 5.82 Å². The van der Waals surface area contributed by atoms with E-state index in [9.17, 15) is 4.39 Å². The number of rotatable bonds is 2. The molecule has 0 N–H and O–H groups in total. The number of nitrogens with zero attached hydrogens (tertiary/aromatic N) is 3. The molecule has 3 rings (SSSR count). The second kappa shape index (κ2) is 4.04. The van der Waals surface area contributed by atoms with Gasteiger partial charge in [0.05, 0.1) is 6.20 Å². The van der Waals surface area contributed by atoms with Crippen LogP contribution < -0.4 is 0 Å². The van der Waals surface area contributed by atoms with Crippen molar-refractivity contribution < 1.29 is 4.39 Å². The maximum absolute atomic E-state index is 12.8. The molecule has 1 aliphatic rings. The predicted molar refractivity (Wildman–Crippen MR) is 62.2 cm³/mol. The van der Waals surface area contributed by atoms with Gasteiger partial charge in [-0.25, -0.2) is 19.3 Å². The minimum Gasteiger partial charge on any atom is -0.250 e. The molecule has 86 valence electrons. The fourth-order valence-corrected chi connectivity index (χ4v) is 1.84. The maximum atomic E-state index is 12.8. The normalized spacial score (nSPS) is 14.9. The van der Waals surface area contributed by atoms with Crippen molar-refractivity contribution in [1.82, 2.24) is 15.0 Å². The lowest BCUT2D eigenvalue weighted by Gasteiger charge is -2.03. The van der Waals surface area contributed by atoms with Crippen molar-refractivity contribution in [2.45, 2.75) is 18.8 Å². The van der Waals surface area contributed by atoms with Crippen LogP contribution in [0.25, 0.3) is 11.5 Å². The van der Waals surface area contributed by atoms with Crippen molar-refractivity contribution in [2.24, 2.45) is 0 Å². The Bertz CT molecular complexity index is 552. The smallest absolute Gasteiger partial charge is 0.179 e. The minimum absolute atomic E-state index is 0.377. The summed E-state index contributed by atoms with van der Waals surface area (Å²) in [5.41, 5.74) is 1.49. The first-order valence-corrected chi connectivity index (χ1v) is 5.76. The largest absolute Gasteiger partial charge is 0.250 e. The summed E-state index contributed by atoms with van der Waals surface area (Å²) in [5, 5.41) is 0.406. The standard InChI is InChI=1S/C12H9ClFN3/c13-11-5-10(7-1-2-7)16-12(17-11)9-4-3-8(14)6-15-9/h3-7H,1-2H2. The Labute approximate surface area is 103 Å². The lowest BCUT2D eigenvalue weighted by atomic mass is 10.2. The zero-order chi connectivity index (χ0) is 11.8. The third-order valence-corrected chi connectivity index (χ3v) is 2.86. The van der Waals surface area contributed by atoms with Crippen LogP contribution in [0.5, 0.6) is 0 Å². The molecular formula is C12H9ClFN3. The molecule has 1 fully saturated rings. The lowest BCUT2D eigenvalue weighted by molar-refractivity contribution is 0.621. The molecule has 2 heterocycles. The Kier molecular flexibility index (Phi) is 2.52. The Morgan fingerprint density at radius 2 is 2.06 bits per heavy atom. The van der Waals surface area contributed by atoms with Crippen molar-refractivity contribution >= 4 is 11.6 Å². The summed E-state index contributed by atoms with van der Waals surface area (Å²) in [4.78, 5) is 12.5. The van der Waals surface area contributed by atoms with E-state index in [4.69, 9.17) is 11.6 Å². The van der Waals surface area contributed by atoms with Gasteiger partial charge in [-0.3, -0.25) is 0 Å². The highest BCUT2D eigenvalue weighted by atomic mass is 35.5. The Balaban J connectivity index is 2.04. The number of pyridine rings is 1. The molecule has 17 heavy (non-hydrogen) atoms. The van der Waals surface area contributed by atoms with E-state index in [1.54, 1.807) is 12.1 Å². The first-order chi connectivity index (χ1) is 8.22. The van der Waals surface area contributed by atoms with Gasteiger partial charge in [0.15, 0.2) is 5.82 Å². The Morgan fingerprint density at radius 1 is 1.24 bits per heavy atom. The summed E-state index contributed by atoms with van der Waals surface area (Å²) in [6, 6.07) is 4.67. The number of halogens is 2. The second-order valence-electron chi connectivity index (χ2n) is 4.08. The SMILES string of the molecule is Fc1ccc(-c2nc(Cl)cc(C3CC3)n2)nc1. The van der Waals surface area contributed by atoms with Gasteiger partial charge in [-0.15, -0.1) is 0 Å². The molecule has 1 saturated carbocycles. The fraction of sp³-hybridized carbons (Fsp3) is 0.250. The quantitative estimate of drug-likeness (QED) is 0.767. The average Bonchev–Trinajstić information content (AvgIpc) is 3.13. The fourth-order valence-electron chi connectivity index (χ4n) is 1.65. The third-order valence-electron chi connectivity index (χ3n) is 2.67. The van der Waals surface area contributed by atoms with Gasteiger partial charge >= 0.3 is 0 Å². The van der Waals surface area contributed by atoms with Gasteiger partial charge in [0.1, 0.15) is 16.7 Å². The van der Waals surface area contributed by atoms with E-state index < -0.39 is 0 Å². The first kappa shape index (κ1) is 10.6. The third kappa shape index (κ3) is 2.26. The molecule has 0 unspecified atom stereocenters. The van der Waals surface area contributed by atoms with Gasteiger partial charge in [-0.05, 0) is 31.0 Å². The summed E-state index contributed by atoms with van der Waals surface area (Å²) >= 11 is 5.95. The lowest BCUT2D eigenvalue weighted by Crippen LogP contribution is -1.96. The second-order valence-corrected chi connectivity index (χ2v) is 4.46. The molecule has 1 aliphatic carbocycles. The molecule has 0 atom stereocenters. The van der Waals surface area contributed by atoms with Crippen LogP contribution in [-0.4, -0.2) is 15.0 Å². The topological polar surface area (TPSA) is 38.7 Å². The molecule has 0 aliphatic heterocycles. The van der Waals surface area contributed by atoms with Gasteiger partial charge < -0.3 is 0 Å². The van der Waals surface area contributed by atoms with Gasteiger partial charge in [0.2, 0.25) is 0 Å². The molecule has 0 amide bonds. The summed E-state index contributed by atoms with van der Waals surface area (Å²) in [6.45, 7) is 0. The minimum atomic E-state index is -0.377. The average molecular weight is 250 g/mol. The van der Waals surface area contributed by atoms with Crippen LogP contribution in [0.15, 0.2) is 24.4 Å². The van der Waals surface area contributed by atoms with Crippen molar-refractivity contribution in [3.05, 3.63) is 41.1 Å². The molecule has 2 aromatic rings. The molecule has 0 aromatic carbocycles. The number of hydrogen-bond acceptors (Lipinski definition) is 3. The molecule has 0 spiro atoms. The zero-order valence-corrected chi connectivity index (χ0v) is 9.65. The van der Waals surface area contributed by atoms with Crippen LogP contribution in [0, 0.1) is 5.82 Å². The molecular weight excluding hydrogens is 241 g/mol. The zero-order valence-electron chi connectivity index (χ0n) is 8.90. The van der Waals surface area contributed by atoms with E-state index >= 15 is 0 Å². The highest BCUT2D eigenvalue weighted by molar-refractivity contribution is 6.29. The molecule has 3 nitrogen and oxygen atoms in total. The van der Waals surface area contributed by atoms with E-state index in [0.29, 0.717) is 22.6 Å². The molecule has 0 radical (unpaired) electrons. The summed E-state index contributed by atoms with van der Waals surface area (Å²) in [7, 11) is 0. The number of hydrogen-bond donors (Lipinski definition) is 0. The van der Waals surface area contributed by atoms with Crippen LogP contribution >= 0.6 is 11.6 Å². The highest BCUT2D eigenvalue weighted by Crippen LogP contribution is 2.39. The van der Waals surface area contributed by atoms with E-state index in [1.165, 1.54) is 6.07 Å². The summed E-state index contributed by atoms with van der Waals surface area (Å²) in [6.07, 6.45) is 3.43. The van der Waals surface area contributed by atoms with Crippen molar-refractivity contribution in [2.75, 3.05) is 0 Å². The Hall–Kier alpha value is -1.55. The van der Waals surface area contributed by atoms with E-state index in [2.05, 4.69) is 15.0 Å². The van der Waals surface area contributed by atoms with Crippen LogP contribution in [0.1, 0.15) is 24.5 Å². The van der Waals surface area contributed by atoms with Gasteiger partial charge in [0.25, 0.3) is 0 Å². The molecule has 0 bridgehead atoms. The Morgan fingerprint density at radius 3 is 2.71 bits per heavy atom. The van der Waals surface area contributed by atoms with Crippen LogP contribution in [0.4, 0.5) is 4.39 Å². The van der Waals surface area contributed by atoms with Gasteiger partial charge in [0, 0.05) is 11.6 Å². The van der Waals surface area contributed by atoms with Crippen LogP contribution in [0.3, 0.4) is 0 Å². The van der Waals surface area contributed by atoms with Crippen molar-refractivity contribution in [3.63, 3.8) is 0 Å². The van der Waals surface area contributed by atoms with Crippen molar-refractivity contribution in [1.29, 1.82) is 0 Å². The van der Waals surface area contributed by atoms with Gasteiger partial charge in [-0.1, -0.05) is 11.6 Å². The predicted octanol–water partition coefficient (Wildman–Crippen LogP) is 3.21. The van der Waals surface area contributed by atoms with Crippen LogP contribution in [-0.2, 0) is 0 Å². The van der Waals surface area contributed by atoms with Crippen LogP contribution in [0.2, 0.25) is 5.15 Å². The maximum Gasteiger partial charge on any atom is 0.179 e. The molecule has 0 saturated heterocycles. The van der Waals surface area contributed by atoms with Crippen molar-refractivity contribution in [3.8, 4) is 11.5 Å². The highest BCUT2D eigenvalue weighted by Gasteiger charge is 2.26. The van der Waals surface area contributed by atoms with Gasteiger partial charge in [-0.2, -0.15) is 0 Å². The number of aromatic nitrogens is 3.